The summed E-state index contributed by atoms with van der Waals surface area (Å²) >= 11 is 0. The van der Waals surface area contributed by atoms with E-state index in [1.54, 1.807) is 12.1 Å². The van der Waals surface area contributed by atoms with E-state index in [4.69, 9.17) is 9.47 Å². The molecular weight excluding hydrogens is 366 g/mol. The van der Waals surface area contributed by atoms with Gasteiger partial charge in [0, 0.05) is 0 Å². The molecule has 156 valence electrons. The van der Waals surface area contributed by atoms with E-state index in [1.165, 1.54) is 0 Å². The van der Waals surface area contributed by atoms with Crippen LogP contribution in [0.25, 0.3) is 0 Å². The summed E-state index contributed by atoms with van der Waals surface area (Å²) in [6.07, 6.45) is 1.37. The van der Waals surface area contributed by atoms with Crippen LogP contribution in [-0.2, 0) is 20.7 Å². The molecule has 0 saturated heterocycles. The molecule has 0 heterocycles. The van der Waals surface area contributed by atoms with Crippen molar-refractivity contribution in [3.63, 3.8) is 0 Å². The van der Waals surface area contributed by atoms with Crippen LogP contribution in [0.5, 0.6) is 0 Å². The Balaban J connectivity index is 2.03. The molecule has 0 aromatic heterocycles. The highest BCUT2D eigenvalue weighted by Gasteiger charge is 2.29. The molecule has 0 fully saturated rings. The molecule has 0 bridgehead atoms. The topological polar surface area (TPSA) is 55.8 Å². The highest BCUT2D eigenvalue weighted by Crippen LogP contribution is 2.26. The van der Waals surface area contributed by atoms with Gasteiger partial charge in [-0.15, -0.1) is 0 Å². The third-order valence-corrected chi connectivity index (χ3v) is 4.33. The summed E-state index contributed by atoms with van der Waals surface area (Å²) in [7, 11) is 3.74. The van der Waals surface area contributed by atoms with Crippen molar-refractivity contribution in [2.24, 2.45) is 0 Å². The van der Waals surface area contributed by atoms with E-state index < -0.39 is 11.6 Å². The number of hydrogen-bond acceptors (Lipinski definition) is 5. The van der Waals surface area contributed by atoms with Gasteiger partial charge >= 0.3 is 11.9 Å². The van der Waals surface area contributed by atoms with Crippen LogP contribution in [0.15, 0.2) is 54.6 Å². The molecular formula is C24H31NO4. The third-order valence-electron chi connectivity index (χ3n) is 4.33. The Morgan fingerprint density at radius 3 is 2.21 bits per heavy atom. The average Bonchev–Trinajstić information content (AvgIpc) is 2.65. The third kappa shape index (κ3) is 7.02. The predicted molar refractivity (Wildman–Crippen MR) is 114 cm³/mol. The summed E-state index contributed by atoms with van der Waals surface area (Å²) in [4.78, 5) is 26.7. The van der Waals surface area contributed by atoms with Gasteiger partial charge < -0.3 is 9.47 Å². The maximum Gasteiger partial charge on any atom is 0.338 e. The number of benzene rings is 2. The number of nitrogens with zero attached hydrogens (tertiary/aromatic N) is 1. The van der Waals surface area contributed by atoms with Gasteiger partial charge in [0.15, 0.2) is 0 Å². The van der Waals surface area contributed by atoms with Gasteiger partial charge in [0.1, 0.15) is 11.6 Å². The molecule has 0 radical (unpaired) electrons. The van der Waals surface area contributed by atoms with E-state index in [9.17, 15) is 9.59 Å². The standard InChI is InChI=1S/C24H31NO4/c1-24(2,3)29-23(27)21(25(4)5)20-16-10-9-12-18(20)15-11-17-28-22(26)19-13-7-6-8-14-19/h6-10,12-14,16,21H,11,15,17H2,1-5H3/t21-/m1/s1. The molecule has 2 aromatic carbocycles. The van der Waals surface area contributed by atoms with Crippen molar-refractivity contribution >= 4 is 11.9 Å². The number of aryl methyl sites for hydroxylation is 1. The minimum Gasteiger partial charge on any atom is -0.462 e. The van der Waals surface area contributed by atoms with E-state index in [2.05, 4.69) is 0 Å². The molecule has 0 saturated carbocycles. The highest BCUT2D eigenvalue weighted by molar-refractivity contribution is 5.89. The molecule has 5 heteroatoms. The molecule has 0 N–H and O–H groups in total. The van der Waals surface area contributed by atoms with E-state index in [1.807, 2.05) is 82.2 Å². The van der Waals surface area contributed by atoms with Crippen LogP contribution in [-0.4, -0.2) is 43.1 Å². The van der Waals surface area contributed by atoms with Crippen molar-refractivity contribution in [1.29, 1.82) is 0 Å². The Hall–Kier alpha value is -2.66. The molecule has 0 amide bonds. The lowest BCUT2D eigenvalue weighted by molar-refractivity contribution is -0.160. The van der Waals surface area contributed by atoms with E-state index in [0.717, 1.165) is 11.1 Å². The van der Waals surface area contributed by atoms with Gasteiger partial charge in [0.05, 0.1) is 12.2 Å². The second-order valence-electron chi connectivity index (χ2n) is 8.20. The number of carbonyl (C=O) groups excluding carboxylic acids is 2. The Labute approximate surface area is 173 Å². The second kappa shape index (κ2) is 10.2. The highest BCUT2D eigenvalue weighted by atomic mass is 16.6. The van der Waals surface area contributed by atoms with Gasteiger partial charge in [-0.05, 0) is 71.0 Å². The van der Waals surface area contributed by atoms with Crippen LogP contribution in [0.4, 0.5) is 0 Å². The van der Waals surface area contributed by atoms with E-state index >= 15 is 0 Å². The molecule has 1 atom stereocenters. The minimum atomic E-state index is -0.550. The predicted octanol–water partition coefficient (Wildman–Crippen LogP) is 4.42. The van der Waals surface area contributed by atoms with Crippen LogP contribution >= 0.6 is 0 Å². The first-order valence-corrected chi connectivity index (χ1v) is 9.88. The summed E-state index contributed by atoms with van der Waals surface area (Å²) in [6, 6.07) is 16.3. The first kappa shape index (κ1) is 22.6. The lowest BCUT2D eigenvalue weighted by atomic mass is 9.96. The monoisotopic (exact) mass is 397 g/mol. The van der Waals surface area contributed by atoms with Gasteiger partial charge in [0.2, 0.25) is 0 Å². The van der Waals surface area contributed by atoms with Crippen molar-refractivity contribution in [3.05, 3.63) is 71.3 Å². The summed E-state index contributed by atoms with van der Waals surface area (Å²) in [5.74, 6) is -0.593. The average molecular weight is 398 g/mol. The van der Waals surface area contributed by atoms with Crippen LogP contribution in [0.3, 0.4) is 0 Å². The van der Waals surface area contributed by atoms with Crippen molar-refractivity contribution < 1.29 is 19.1 Å². The number of ether oxygens (including phenoxy) is 2. The van der Waals surface area contributed by atoms with E-state index in [0.29, 0.717) is 25.0 Å². The maximum absolute atomic E-state index is 12.8. The van der Waals surface area contributed by atoms with Crippen LogP contribution in [0.1, 0.15) is 54.7 Å². The number of likely N-dealkylation sites (N-methyl/N-ethyl adjacent to an activating group) is 1. The lowest BCUT2D eigenvalue weighted by Crippen LogP contribution is -2.35. The summed E-state index contributed by atoms with van der Waals surface area (Å²) in [5, 5.41) is 0. The molecule has 0 aliphatic rings. The van der Waals surface area contributed by atoms with Crippen LogP contribution < -0.4 is 0 Å². The van der Waals surface area contributed by atoms with Gasteiger partial charge in [-0.2, -0.15) is 0 Å². The zero-order valence-electron chi connectivity index (χ0n) is 18.0. The molecule has 0 unspecified atom stereocenters. The van der Waals surface area contributed by atoms with Gasteiger partial charge in [-0.3, -0.25) is 4.90 Å². The number of hydrogen-bond donors (Lipinski definition) is 0. The van der Waals surface area contributed by atoms with Gasteiger partial charge in [-0.1, -0.05) is 42.5 Å². The normalized spacial score (nSPS) is 12.5. The quantitative estimate of drug-likeness (QED) is 0.487. The van der Waals surface area contributed by atoms with Crippen molar-refractivity contribution in [2.45, 2.75) is 45.3 Å². The summed E-state index contributed by atoms with van der Waals surface area (Å²) in [6.45, 7) is 5.92. The lowest BCUT2D eigenvalue weighted by Gasteiger charge is -2.29. The number of rotatable bonds is 8. The Morgan fingerprint density at radius 1 is 0.966 bits per heavy atom. The minimum absolute atomic E-state index is 0.273. The largest absolute Gasteiger partial charge is 0.462 e. The fraction of sp³-hybridized carbons (Fsp3) is 0.417. The van der Waals surface area contributed by atoms with Crippen molar-refractivity contribution in [3.8, 4) is 0 Å². The fourth-order valence-electron chi connectivity index (χ4n) is 3.09. The Morgan fingerprint density at radius 2 is 1.59 bits per heavy atom. The molecule has 2 aromatic rings. The Bertz CT molecular complexity index is 809. The SMILES string of the molecule is CN(C)[C@@H](C(=O)OC(C)(C)C)c1ccccc1CCCOC(=O)c1ccccc1. The Kier molecular flexibility index (Phi) is 7.97. The number of esters is 2. The van der Waals surface area contributed by atoms with Crippen LogP contribution in [0, 0.1) is 0 Å². The zero-order chi connectivity index (χ0) is 21.4. The van der Waals surface area contributed by atoms with Gasteiger partial charge in [-0.25, -0.2) is 9.59 Å². The maximum atomic E-state index is 12.8. The molecule has 2 rings (SSSR count). The fourth-order valence-corrected chi connectivity index (χ4v) is 3.09. The first-order valence-electron chi connectivity index (χ1n) is 9.88. The van der Waals surface area contributed by atoms with Crippen LogP contribution in [0.2, 0.25) is 0 Å². The zero-order valence-corrected chi connectivity index (χ0v) is 18.0. The van der Waals surface area contributed by atoms with E-state index in [-0.39, 0.29) is 11.9 Å². The van der Waals surface area contributed by atoms with Crippen molar-refractivity contribution in [2.75, 3.05) is 20.7 Å². The first-order chi connectivity index (χ1) is 13.7. The molecule has 0 aliphatic carbocycles. The molecule has 0 spiro atoms. The summed E-state index contributed by atoms with van der Waals surface area (Å²) < 4.78 is 11.0. The summed E-state index contributed by atoms with van der Waals surface area (Å²) in [5.41, 5.74) is 1.96. The van der Waals surface area contributed by atoms with Crippen molar-refractivity contribution in [1.82, 2.24) is 4.90 Å². The molecule has 29 heavy (non-hydrogen) atoms. The van der Waals surface area contributed by atoms with Gasteiger partial charge in [0.25, 0.3) is 0 Å². The smallest absolute Gasteiger partial charge is 0.338 e. The molecule has 5 nitrogen and oxygen atoms in total. The molecule has 0 aliphatic heterocycles. The number of carbonyl (C=O) groups is 2. The second-order valence-corrected chi connectivity index (χ2v) is 8.20.